The molecule has 1 fully saturated rings. The summed E-state index contributed by atoms with van der Waals surface area (Å²) in [5, 5.41) is 2.81. The molecule has 2 rings (SSSR count). The van der Waals surface area contributed by atoms with Crippen LogP contribution in [0.15, 0.2) is 30.5 Å². The first-order chi connectivity index (χ1) is 10.6. The highest BCUT2D eigenvalue weighted by atomic mass is 19.1. The van der Waals surface area contributed by atoms with E-state index in [0.717, 1.165) is 18.4 Å². The number of benzene rings is 1. The molecule has 5 heteroatoms. The molecule has 0 saturated carbocycles. The van der Waals surface area contributed by atoms with Gasteiger partial charge < -0.3 is 16.0 Å². The van der Waals surface area contributed by atoms with Crippen LogP contribution in [0.4, 0.5) is 9.18 Å². The van der Waals surface area contributed by atoms with Gasteiger partial charge in [-0.2, -0.15) is 0 Å². The van der Waals surface area contributed by atoms with Gasteiger partial charge in [-0.3, -0.25) is 0 Å². The van der Waals surface area contributed by atoms with Gasteiger partial charge >= 0.3 is 6.03 Å². The summed E-state index contributed by atoms with van der Waals surface area (Å²) in [6.07, 6.45) is 4.88. The third kappa shape index (κ3) is 4.10. The lowest BCUT2D eigenvalue weighted by Crippen LogP contribution is -2.66. The van der Waals surface area contributed by atoms with Gasteiger partial charge in [0.2, 0.25) is 0 Å². The molecule has 4 nitrogen and oxygen atoms in total. The van der Waals surface area contributed by atoms with Crippen LogP contribution >= 0.6 is 0 Å². The fourth-order valence-corrected chi connectivity index (χ4v) is 3.75. The standard InChI is InChI=1S/C18H26FN3O/c1-17(2)11-15(20)12-18(3,4)22(17)16(23)21-10-9-13-5-7-14(19)8-6-13/h5-10,15H,11-12,20H2,1-4H3,(H,21,23)/b10-9+. The zero-order chi connectivity index (χ0) is 17.3. The Labute approximate surface area is 137 Å². The van der Waals surface area contributed by atoms with Crippen LogP contribution in [0.5, 0.6) is 0 Å². The van der Waals surface area contributed by atoms with Gasteiger partial charge in [-0.25, -0.2) is 9.18 Å². The van der Waals surface area contributed by atoms with Crippen molar-refractivity contribution in [2.75, 3.05) is 0 Å². The van der Waals surface area contributed by atoms with Crippen molar-refractivity contribution in [2.45, 2.75) is 57.7 Å². The molecular weight excluding hydrogens is 293 g/mol. The van der Waals surface area contributed by atoms with Crippen molar-refractivity contribution in [1.82, 2.24) is 10.2 Å². The fourth-order valence-electron chi connectivity index (χ4n) is 3.75. The number of nitrogens with one attached hydrogen (secondary N) is 1. The second-order valence-electron chi connectivity index (χ2n) is 7.46. The molecule has 0 radical (unpaired) electrons. The number of urea groups is 1. The SMILES string of the molecule is CC1(C)CC(N)CC(C)(C)N1C(=O)N/C=C/c1ccc(F)cc1. The molecule has 1 aliphatic rings. The minimum atomic E-state index is -0.311. The van der Waals surface area contributed by atoms with E-state index in [-0.39, 0.29) is 29.0 Å². The molecule has 0 bridgehead atoms. The molecule has 0 atom stereocenters. The minimum Gasteiger partial charge on any atom is -0.328 e. The summed E-state index contributed by atoms with van der Waals surface area (Å²) in [4.78, 5) is 14.5. The number of carbonyl (C=O) groups excluding carboxylic acids is 1. The molecule has 23 heavy (non-hydrogen) atoms. The second kappa shape index (κ2) is 6.32. The Balaban J connectivity index is 2.08. The Bertz CT molecular complexity index is 575. The summed E-state index contributed by atoms with van der Waals surface area (Å²) < 4.78 is 12.9. The van der Waals surface area contributed by atoms with Crippen LogP contribution in [-0.2, 0) is 0 Å². The Hall–Kier alpha value is -1.88. The molecule has 3 N–H and O–H groups in total. The van der Waals surface area contributed by atoms with Crippen molar-refractivity contribution in [2.24, 2.45) is 5.73 Å². The Morgan fingerprint density at radius 2 is 1.74 bits per heavy atom. The van der Waals surface area contributed by atoms with E-state index >= 15 is 0 Å². The zero-order valence-corrected chi connectivity index (χ0v) is 14.3. The maximum absolute atomic E-state index is 12.9. The lowest BCUT2D eigenvalue weighted by molar-refractivity contribution is 0.00444. The number of halogens is 1. The van der Waals surface area contributed by atoms with Crippen LogP contribution in [0.25, 0.3) is 6.08 Å². The summed E-state index contributed by atoms with van der Waals surface area (Å²) in [6, 6.07) is 6.04. The third-order valence-electron chi connectivity index (χ3n) is 4.29. The van der Waals surface area contributed by atoms with Crippen LogP contribution in [0.2, 0.25) is 0 Å². The highest BCUT2D eigenvalue weighted by Crippen LogP contribution is 2.37. The van der Waals surface area contributed by atoms with E-state index in [1.165, 1.54) is 12.1 Å². The number of nitrogens with zero attached hydrogens (tertiary/aromatic N) is 1. The third-order valence-corrected chi connectivity index (χ3v) is 4.29. The molecule has 0 aliphatic carbocycles. The molecule has 2 amide bonds. The summed E-state index contributed by atoms with van der Waals surface area (Å²) in [5.74, 6) is -0.278. The Morgan fingerprint density at radius 1 is 1.22 bits per heavy atom. The van der Waals surface area contributed by atoms with Crippen molar-refractivity contribution in [3.05, 3.63) is 41.8 Å². The average molecular weight is 319 g/mol. The lowest BCUT2D eigenvalue weighted by atomic mass is 9.77. The van der Waals surface area contributed by atoms with Crippen LogP contribution in [0, 0.1) is 5.82 Å². The van der Waals surface area contributed by atoms with Crippen molar-refractivity contribution < 1.29 is 9.18 Å². The van der Waals surface area contributed by atoms with E-state index in [4.69, 9.17) is 5.73 Å². The summed E-state index contributed by atoms with van der Waals surface area (Å²) in [6.45, 7) is 8.15. The van der Waals surface area contributed by atoms with E-state index < -0.39 is 0 Å². The van der Waals surface area contributed by atoms with Gasteiger partial charge in [0.25, 0.3) is 0 Å². The Kier molecular flexibility index (Phi) is 4.80. The molecular formula is C18H26FN3O. The van der Waals surface area contributed by atoms with Gasteiger partial charge in [0.15, 0.2) is 0 Å². The average Bonchev–Trinajstić information content (AvgIpc) is 2.37. The van der Waals surface area contributed by atoms with Crippen molar-refractivity contribution >= 4 is 12.1 Å². The van der Waals surface area contributed by atoms with Gasteiger partial charge in [0, 0.05) is 23.3 Å². The maximum Gasteiger partial charge on any atom is 0.322 e. The highest BCUT2D eigenvalue weighted by Gasteiger charge is 2.46. The zero-order valence-electron chi connectivity index (χ0n) is 14.3. The number of carbonyl (C=O) groups is 1. The second-order valence-corrected chi connectivity index (χ2v) is 7.46. The van der Waals surface area contributed by atoms with E-state index in [9.17, 15) is 9.18 Å². The first-order valence-electron chi connectivity index (χ1n) is 7.90. The molecule has 1 aromatic rings. The number of hydrogen-bond donors (Lipinski definition) is 2. The number of amides is 2. The van der Waals surface area contributed by atoms with E-state index in [0.29, 0.717) is 0 Å². The molecule has 0 aromatic heterocycles. The summed E-state index contributed by atoms with van der Waals surface area (Å²) in [5.41, 5.74) is 6.34. The van der Waals surface area contributed by atoms with Crippen molar-refractivity contribution in [3.8, 4) is 0 Å². The van der Waals surface area contributed by atoms with Gasteiger partial charge in [0.1, 0.15) is 5.82 Å². The fraction of sp³-hybridized carbons (Fsp3) is 0.500. The maximum atomic E-state index is 12.9. The molecule has 1 aliphatic heterocycles. The molecule has 0 unspecified atom stereocenters. The smallest absolute Gasteiger partial charge is 0.322 e. The highest BCUT2D eigenvalue weighted by molar-refractivity contribution is 5.78. The predicted molar refractivity (Wildman–Crippen MR) is 91.2 cm³/mol. The number of rotatable bonds is 2. The number of piperidine rings is 1. The van der Waals surface area contributed by atoms with Crippen LogP contribution in [0.1, 0.15) is 46.1 Å². The van der Waals surface area contributed by atoms with Crippen molar-refractivity contribution in [1.29, 1.82) is 0 Å². The minimum absolute atomic E-state index is 0.0961. The molecule has 0 spiro atoms. The first kappa shape index (κ1) is 17.5. The monoisotopic (exact) mass is 319 g/mol. The van der Waals surface area contributed by atoms with Crippen LogP contribution in [0.3, 0.4) is 0 Å². The normalized spacial score (nSPS) is 20.7. The largest absolute Gasteiger partial charge is 0.328 e. The van der Waals surface area contributed by atoms with E-state index in [1.807, 2.05) is 32.6 Å². The molecule has 126 valence electrons. The molecule has 1 aromatic carbocycles. The van der Waals surface area contributed by atoms with Crippen LogP contribution < -0.4 is 11.1 Å². The number of nitrogens with two attached hydrogens (primary N) is 1. The van der Waals surface area contributed by atoms with E-state index in [1.54, 1.807) is 24.4 Å². The summed E-state index contributed by atoms with van der Waals surface area (Å²) >= 11 is 0. The predicted octanol–water partition coefficient (Wildman–Crippen LogP) is 3.49. The van der Waals surface area contributed by atoms with Gasteiger partial charge in [-0.05, 0) is 64.3 Å². The molecule has 1 heterocycles. The Morgan fingerprint density at radius 3 is 2.26 bits per heavy atom. The number of likely N-dealkylation sites (tertiary alicyclic amines) is 1. The van der Waals surface area contributed by atoms with Crippen LogP contribution in [-0.4, -0.2) is 28.1 Å². The van der Waals surface area contributed by atoms with Gasteiger partial charge in [0.05, 0.1) is 0 Å². The van der Waals surface area contributed by atoms with Gasteiger partial charge in [-0.15, -0.1) is 0 Å². The topological polar surface area (TPSA) is 58.4 Å². The lowest BCUT2D eigenvalue weighted by Gasteiger charge is -2.54. The van der Waals surface area contributed by atoms with E-state index in [2.05, 4.69) is 5.32 Å². The number of hydrogen-bond acceptors (Lipinski definition) is 2. The van der Waals surface area contributed by atoms with Crippen molar-refractivity contribution in [3.63, 3.8) is 0 Å². The summed E-state index contributed by atoms with van der Waals surface area (Å²) in [7, 11) is 0. The molecule has 1 saturated heterocycles. The first-order valence-corrected chi connectivity index (χ1v) is 7.90. The van der Waals surface area contributed by atoms with Gasteiger partial charge in [-0.1, -0.05) is 12.1 Å². The quantitative estimate of drug-likeness (QED) is 0.876.